The van der Waals surface area contributed by atoms with E-state index in [0.29, 0.717) is 25.7 Å². The van der Waals surface area contributed by atoms with Crippen LogP contribution in [0.1, 0.15) is 26.7 Å². The summed E-state index contributed by atoms with van der Waals surface area (Å²) in [5.41, 5.74) is 0. The third kappa shape index (κ3) is 8.00. The third-order valence-corrected chi connectivity index (χ3v) is 6.39. The number of ether oxygens (including phenoxy) is 1. The highest BCUT2D eigenvalue weighted by Crippen LogP contribution is 2.17. The third-order valence-electron chi connectivity index (χ3n) is 5.01. The minimum absolute atomic E-state index is 0. The Kier molecular flexibility index (Phi) is 11.4. The van der Waals surface area contributed by atoms with Crippen LogP contribution in [0.4, 0.5) is 0 Å². The molecule has 1 atom stereocenters. The molecule has 2 aliphatic rings. The number of nitrogens with one attached hydrogen (secondary N) is 1. The molecule has 0 spiro atoms. The maximum absolute atomic E-state index is 11.6. The molecule has 0 aromatic rings. The second-order valence-electron chi connectivity index (χ2n) is 6.88. The maximum atomic E-state index is 11.6. The van der Waals surface area contributed by atoms with Gasteiger partial charge in [0.1, 0.15) is 0 Å². The summed E-state index contributed by atoms with van der Waals surface area (Å²) < 4.78 is 30.2. The van der Waals surface area contributed by atoms with Crippen LogP contribution in [0, 0.1) is 0 Å². The van der Waals surface area contributed by atoms with Crippen molar-refractivity contribution >= 4 is 40.0 Å². The summed E-state index contributed by atoms with van der Waals surface area (Å²) >= 11 is 0. The first-order valence-electron chi connectivity index (χ1n) is 9.75. The molecule has 0 amide bonds. The summed E-state index contributed by atoms with van der Waals surface area (Å²) in [5.74, 6) is 0.950. The molecule has 0 aromatic heterocycles. The normalized spacial score (nSPS) is 22.1. The van der Waals surface area contributed by atoms with Crippen molar-refractivity contribution in [1.29, 1.82) is 0 Å². The van der Waals surface area contributed by atoms with Crippen molar-refractivity contribution < 1.29 is 13.2 Å². The molecule has 1 unspecified atom stereocenters. The SMILES string of the molecule is CCNC(=NCCCN(CC)S(C)(=O)=O)N1CCC(N2CCOCC2)C1.I. The van der Waals surface area contributed by atoms with E-state index in [1.807, 2.05) is 6.92 Å². The second-order valence-corrected chi connectivity index (χ2v) is 8.86. The lowest BCUT2D eigenvalue weighted by molar-refractivity contribution is 0.0195. The molecule has 27 heavy (non-hydrogen) atoms. The Morgan fingerprint density at radius 1 is 1.26 bits per heavy atom. The molecule has 1 N–H and O–H groups in total. The van der Waals surface area contributed by atoms with E-state index in [1.165, 1.54) is 10.6 Å². The lowest BCUT2D eigenvalue weighted by Gasteiger charge is -2.32. The number of guanidine groups is 1. The molecule has 160 valence electrons. The van der Waals surface area contributed by atoms with Crippen molar-refractivity contribution in [1.82, 2.24) is 19.4 Å². The van der Waals surface area contributed by atoms with Gasteiger partial charge in [0.2, 0.25) is 10.0 Å². The number of aliphatic imine (C=N–C) groups is 1. The second kappa shape index (κ2) is 12.4. The summed E-state index contributed by atoms with van der Waals surface area (Å²) in [4.78, 5) is 9.59. The fourth-order valence-corrected chi connectivity index (χ4v) is 4.52. The number of halogens is 1. The molecule has 0 radical (unpaired) electrons. The van der Waals surface area contributed by atoms with E-state index in [2.05, 4.69) is 22.0 Å². The van der Waals surface area contributed by atoms with Gasteiger partial charge in [-0.2, -0.15) is 0 Å². The molecular formula is C17H36IN5O3S. The fraction of sp³-hybridized carbons (Fsp3) is 0.941. The zero-order chi connectivity index (χ0) is 19.0. The first-order chi connectivity index (χ1) is 12.5. The molecule has 2 saturated heterocycles. The van der Waals surface area contributed by atoms with E-state index in [1.54, 1.807) is 0 Å². The quantitative estimate of drug-likeness (QED) is 0.221. The van der Waals surface area contributed by atoms with Crippen LogP contribution in [0.2, 0.25) is 0 Å². The van der Waals surface area contributed by atoms with Gasteiger partial charge in [0.05, 0.1) is 19.5 Å². The number of likely N-dealkylation sites (tertiary alicyclic amines) is 1. The summed E-state index contributed by atoms with van der Waals surface area (Å²) in [6.45, 7) is 12.2. The molecular weight excluding hydrogens is 481 g/mol. The maximum Gasteiger partial charge on any atom is 0.211 e. The van der Waals surface area contributed by atoms with Crippen LogP contribution in [-0.2, 0) is 14.8 Å². The molecule has 2 rings (SSSR count). The average Bonchev–Trinajstić information content (AvgIpc) is 3.10. The van der Waals surface area contributed by atoms with Gasteiger partial charge in [-0.3, -0.25) is 9.89 Å². The van der Waals surface area contributed by atoms with Gasteiger partial charge in [0, 0.05) is 58.4 Å². The van der Waals surface area contributed by atoms with Crippen molar-refractivity contribution in [2.45, 2.75) is 32.7 Å². The van der Waals surface area contributed by atoms with Crippen molar-refractivity contribution in [3.05, 3.63) is 0 Å². The van der Waals surface area contributed by atoms with Crippen molar-refractivity contribution in [3.63, 3.8) is 0 Å². The standard InChI is InChI=1S/C17H35N5O3S.HI/c1-4-18-17(19-8-6-9-22(5-2)26(3,23)24)21-10-7-16(15-21)20-11-13-25-14-12-20;/h16H,4-15H2,1-3H3,(H,18,19);1H. The monoisotopic (exact) mass is 517 g/mol. The van der Waals surface area contributed by atoms with Crippen LogP contribution >= 0.6 is 24.0 Å². The number of sulfonamides is 1. The zero-order valence-electron chi connectivity index (χ0n) is 16.9. The van der Waals surface area contributed by atoms with Crippen LogP contribution in [0.5, 0.6) is 0 Å². The predicted molar refractivity (Wildman–Crippen MR) is 120 cm³/mol. The lowest BCUT2D eigenvalue weighted by Crippen LogP contribution is -2.46. The van der Waals surface area contributed by atoms with Gasteiger partial charge in [-0.25, -0.2) is 12.7 Å². The first-order valence-corrected chi connectivity index (χ1v) is 11.6. The molecule has 10 heteroatoms. The summed E-state index contributed by atoms with van der Waals surface area (Å²) in [6, 6.07) is 0.573. The Morgan fingerprint density at radius 2 is 1.96 bits per heavy atom. The summed E-state index contributed by atoms with van der Waals surface area (Å²) in [6.07, 6.45) is 3.15. The van der Waals surface area contributed by atoms with E-state index in [-0.39, 0.29) is 24.0 Å². The highest BCUT2D eigenvalue weighted by Gasteiger charge is 2.30. The number of hydrogen-bond acceptors (Lipinski definition) is 5. The Labute approximate surface area is 181 Å². The van der Waals surface area contributed by atoms with Crippen molar-refractivity contribution in [3.8, 4) is 0 Å². The fourth-order valence-electron chi connectivity index (χ4n) is 3.59. The Bertz CT molecular complexity index is 555. The number of morpholine rings is 1. The molecule has 2 fully saturated rings. The van der Waals surface area contributed by atoms with Crippen molar-refractivity contribution in [2.75, 3.05) is 71.8 Å². The molecule has 8 nitrogen and oxygen atoms in total. The van der Waals surface area contributed by atoms with E-state index in [0.717, 1.165) is 64.7 Å². The highest BCUT2D eigenvalue weighted by atomic mass is 127. The molecule has 0 aromatic carbocycles. The van der Waals surface area contributed by atoms with Crippen LogP contribution < -0.4 is 5.32 Å². The Balaban J connectivity index is 0.00000364. The van der Waals surface area contributed by atoms with Gasteiger partial charge >= 0.3 is 0 Å². The molecule has 2 aliphatic heterocycles. The van der Waals surface area contributed by atoms with Crippen molar-refractivity contribution in [2.24, 2.45) is 4.99 Å². The van der Waals surface area contributed by atoms with Crippen LogP contribution in [0.3, 0.4) is 0 Å². The Morgan fingerprint density at radius 3 is 2.56 bits per heavy atom. The predicted octanol–water partition coefficient (Wildman–Crippen LogP) is 0.648. The summed E-state index contributed by atoms with van der Waals surface area (Å²) in [5, 5.41) is 3.38. The molecule has 0 bridgehead atoms. The Hall–Kier alpha value is -0.170. The number of nitrogens with zero attached hydrogens (tertiary/aromatic N) is 4. The highest BCUT2D eigenvalue weighted by molar-refractivity contribution is 14.0. The van der Waals surface area contributed by atoms with Gasteiger partial charge in [-0.15, -0.1) is 24.0 Å². The zero-order valence-corrected chi connectivity index (χ0v) is 20.0. The average molecular weight is 517 g/mol. The van der Waals surface area contributed by atoms with Gasteiger partial charge in [-0.1, -0.05) is 6.92 Å². The number of hydrogen-bond donors (Lipinski definition) is 1. The molecule has 2 heterocycles. The van der Waals surface area contributed by atoms with Gasteiger partial charge < -0.3 is 15.0 Å². The largest absolute Gasteiger partial charge is 0.379 e. The summed E-state index contributed by atoms with van der Waals surface area (Å²) in [7, 11) is -3.12. The van der Waals surface area contributed by atoms with Crippen LogP contribution in [-0.4, -0.2) is 106 Å². The van der Waals surface area contributed by atoms with Crippen LogP contribution in [0.25, 0.3) is 0 Å². The van der Waals surface area contributed by atoms with E-state index < -0.39 is 10.0 Å². The smallest absolute Gasteiger partial charge is 0.211 e. The number of rotatable bonds is 8. The van der Waals surface area contributed by atoms with Crippen LogP contribution in [0.15, 0.2) is 4.99 Å². The molecule has 0 saturated carbocycles. The van der Waals surface area contributed by atoms with E-state index in [4.69, 9.17) is 9.73 Å². The minimum atomic E-state index is -3.12. The lowest BCUT2D eigenvalue weighted by atomic mass is 10.2. The first kappa shape index (κ1) is 24.9. The molecule has 0 aliphatic carbocycles. The van der Waals surface area contributed by atoms with Gasteiger partial charge in [0.15, 0.2) is 5.96 Å². The van der Waals surface area contributed by atoms with Gasteiger partial charge in [0.25, 0.3) is 0 Å². The minimum Gasteiger partial charge on any atom is -0.379 e. The van der Waals surface area contributed by atoms with E-state index in [9.17, 15) is 8.42 Å². The van der Waals surface area contributed by atoms with E-state index >= 15 is 0 Å². The topological polar surface area (TPSA) is 77.5 Å². The van der Waals surface area contributed by atoms with Gasteiger partial charge in [-0.05, 0) is 19.8 Å².